The Morgan fingerprint density at radius 1 is 1.09 bits per heavy atom. The van der Waals surface area contributed by atoms with Gasteiger partial charge in [0.15, 0.2) is 5.11 Å². The molecule has 0 spiro atoms. The van der Waals surface area contributed by atoms with Crippen LogP contribution in [0.2, 0.25) is 0 Å². The van der Waals surface area contributed by atoms with Gasteiger partial charge in [-0.3, -0.25) is 0 Å². The number of nitrogens with one attached hydrogen (secondary N) is 2. The number of rotatable bonds is 5. The Kier molecular flexibility index (Phi) is 5.37. The lowest BCUT2D eigenvalue weighted by molar-refractivity contribution is 0.0697. The zero-order valence-electron chi connectivity index (χ0n) is 12.6. The average molecular weight is 332 g/mol. The molecule has 0 unspecified atom stereocenters. The molecule has 23 heavy (non-hydrogen) atoms. The van der Waals surface area contributed by atoms with Gasteiger partial charge in [0.1, 0.15) is 11.5 Å². The highest BCUT2D eigenvalue weighted by molar-refractivity contribution is 7.80. The van der Waals surface area contributed by atoms with Gasteiger partial charge in [-0.25, -0.2) is 4.79 Å². The molecule has 0 aliphatic carbocycles. The smallest absolute Gasteiger partial charge is 0.335 e. The molecular weight excluding hydrogens is 316 g/mol. The van der Waals surface area contributed by atoms with Gasteiger partial charge in [0.25, 0.3) is 0 Å². The van der Waals surface area contributed by atoms with Crippen LogP contribution >= 0.6 is 12.2 Å². The number of hydrogen-bond acceptors (Lipinski definition) is 4. The van der Waals surface area contributed by atoms with E-state index in [2.05, 4.69) is 10.6 Å². The Morgan fingerprint density at radius 3 is 2.52 bits per heavy atom. The highest BCUT2D eigenvalue weighted by Crippen LogP contribution is 2.29. The first-order chi connectivity index (χ1) is 11.0. The average Bonchev–Trinajstić information content (AvgIpc) is 2.55. The Hall–Kier alpha value is -2.80. The van der Waals surface area contributed by atoms with Crippen LogP contribution in [0.5, 0.6) is 11.5 Å². The zero-order valence-corrected chi connectivity index (χ0v) is 13.4. The molecule has 0 heterocycles. The van der Waals surface area contributed by atoms with Crippen molar-refractivity contribution in [1.82, 2.24) is 0 Å². The Labute approximate surface area is 139 Å². The first-order valence-electron chi connectivity index (χ1n) is 6.67. The molecule has 2 aromatic rings. The molecule has 3 N–H and O–H groups in total. The highest BCUT2D eigenvalue weighted by Gasteiger charge is 2.08. The summed E-state index contributed by atoms with van der Waals surface area (Å²) in [6.45, 7) is 0. The molecule has 0 bridgehead atoms. The summed E-state index contributed by atoms with van der Waals surface area (Å²) in [6, 6.07) is 11.7. The van der Waals surface area contributed by atoms with Gasteiger partial charge in [-0.1, -0.05) is 6.07 Å². The van der Waals surface area contributed by atoms with E-state index in [9.17, 15) is 4.79 Å². The molecule has 2 aromatic carbocycles. The molecule has 0 fully saturated rings. The Morgan fingerprint density at radius 2 is 1.87 bits per heavy atom. The fourth-order valence-electron chi connectivity index (χ4n) is 1.92. The van der Waals surface area contributed by atoms with Crippen LogP contribution in [0, 0.1) is 0 Å². The molecule has 6 nitrogen and oxygen atoms in total. The number of methoxy groups -OCH3 is 2. The lowest BCUT2D eigenvalue weighted by atomic mass is 10.2. The minimum atomic E-state index is -0.996. The van der Waals surface area contributed by atoms with Crippen molar-refractivity contribution in [3.63, 3.8) is 0 Å². The minimum absolute atomic E-state index is 0.180. The topological polar surface area (TPSA) is 79.8 Å². The van der Waals surface area contributed by atoms with Crippen molar-refractivity contribution in [1.29, 1.82) is 0 Å². The van der Waals surface area contributed by atoms with Crippen molar-refractivity contribution in [2.24, 2.45) is 0 Å². The van der Waals surface area contributed by atoms with Crippen LogP contribution in [-0.4, -0.2) is 30.4 Å². The molecule has 0 aromatic heterocycles. The number of thiocarbonyl (C=S) groups is 1. The second-order valence-electron chi connectivity index (χ2n) is 4.53. The van der Waals surface area contributed by atoms with Gasteiger partial charge in [-0.05, 0) is 42.5 Å². The molecule has 0 atom stereocenters. The summed E-state index contributed by atoms with van der Waals surface area (Å²) in [5.41, 5.74) is 1.43. The standard InChI is InChI=1S/C16H16N2O4S/c1-21-12-6-7-13(14(9-12)22-2)18-16(23)17-11-5-3-4-10(8-11)15(19)20/h3-9H,1-2H3,(H,19,20)(H2,17,18,23). The van der Waals surface area contributed by atoms with E-state index in [-0.39, 0.29) is 5.56 Å². The lowest BCUT2D eigenvalue weighted by Gasteiger charge is -2.14. The second-order valence-corrected chi connectivity index (χ2v) is 4.94. The summed E-state index contributed by atoms with van der Waals surface area (Å²) in [5.74, 6) is 0.248. The summed E-state index contributed by atoms with van der Waals surface area (Å²) >= 11 is 5.24. The first kappa shape index (κ1) is 16.6. The highest BCUT2D eigenvalue weighted by atomic mass is 32.1. The Bertz CT molecular complexity index is 734. The summed E-state index contributed by atoms with van der Waals surface area (Å²) in [5, 5.41) is 15.2. The molecule has 2 rings (SSSR count). The van der Waals surface area contributed by atoms with Crippen LogP contribution in [-0.2, 0) is 0 Å². The predicted molar refractivity (Wildman–Crippen MR) is 92.8 cm³/mol. The zero-order chi connectivity index (χ0) is 16.8. The quantitative estimate of drug-likeness (QED) is 0.726. The maximum atomic E-state index is 11.0. The normalized spacial score (nSPS) is 9.83. The Balaban J connectivity index is 2.10. The maximum absolute atomic E-state index is 11.0. The molecule has 0 aliphatic rings. The fraction of sp³-hybridized carbons (Fsp3) is 0.125. The summed E-state index contributed by atoms with van der Waals surface area (Å²) in [4.78, 5) is 11.0. The molecule has 0 radical (unpaired) electrons. The minimum Gasteiger partial charge on any atom is -0.497 e. The summed E-state index contributed by atoms with van der Waals surface area (Å²) in [7, 11) is 3.12. The number of benzene rings is 2. The van der Waals surface area contributed by atoms with Crippen molar-refractivity contribution in [2.75, 3.05) is 24.9 Å². The van der Waals surface area contributed by atoms with E-state index in [1.807, 2.05) is 0 Å². The second kappa shape index (κ2) is 7.46. The van der Waals surface area contributed by atoms with Crippen molar-refractivity contribution < 1.29 is 19.4 Å². The summed E-state index contributed by atoms with van der Waals surface area (Å²) < 4.78 is 10.4. The van der Waals surface area contributed by atoms with E-state index >= 15 is 0 Å². The van der Waals surface area contributed by atoms with Crippen molar-refractivity contribution in [2.45, 2.75) is 0 Å². The number of hydrogen-bond donors (Lipinski definition) is 3. The number of ether oxygens (including phenoxy) is 2. The van der Waals surface area contributed by atoms with E-state index in [0.717, 1.165) is 0 Å². The van der Waals surface area contributed by atoms with Gasteiger partial charge < -0.3 is 25.2 Å². The SMILES string of the molecule is COc1ccc(NC(=S)Nc2cccc(C(=O)O)c2)c(OC)c1. The van der Waals surface area contributed by atoms with Gasteiger partial charge in [0, 0.05) is 11.8 Å². The predicted octanol–water partition coefficient (Wildman–Crippen LogP) is 3.21. The van der Waals surface area contributed by atoms with E-state index < -0.39 is 5.97 Å². The maximum Gasteiger partial charge on any atom is 0.335 e. The van der Waals surface area contributed by atoms with Crippen LogP contribution in [0.25, 0.3) is 0 Å². The monoisotopic (exact) mass is 332 g/mol. The van der Waals surface area contributed by atoms with Crippen molar-refractivity contribution >= 4 is 34.7 Å². The first-order valence-corrected chi connectivity index (χ1v) is 7.07. The molecule has 0 amide bonds. The molecule has 120 valence electrons. The van der Waals surface area contributed by atoms with E-state index in [1.165, 1.54) is 12.1 Å². The lowest BCUT2D eigenvalue weighted by Crippen LogP contribution is -2.19. The number of aromatic carboxylic acids is 1. The number of carbonyl (C=O) groups is 1. The van der Waals surface area contributed by atoms with Crippen molar-refractivity contribution in [3.05, 3.63) is 48.0 Å². The van der Waals surface area contributed by atoms with Gasteiger partial charge in [-0.2, -0.15) is 0 Å². The van der Waals surface area contributed by atoms with Crippen LogP contribution < -0.4 is 20.1 Å². The van der Waals surface area contributed by atoms with Crippen LogP contribution in [0.4, 0.5) is 11.4 Å². The van der Waals surface area contributed by atoms with Crippen LogP contribution in [0.1, 0.15) is 10.4 Å². The largest absolute Gasteiger partial charge is 0.497 e. The third-order valence-electron chi connectivity index (χ3n) is 3.02. The number of carboxylic acids is 1. The molecular formula is C16H16N2O4S. The number of anilines is 2. The van der Waals surface area contributed by atoms with Gasteiger partial charge in [0.2, 0.25) is 0 Å². The van der Waals surface area contributed by atoms with Gasteiger partial charge >= 0.3 is 5.97 Å². The van der Waals surface area contributed by atoms with Crippen LogP contribution in [0.3, 0.4) is 0 Å². The fourth-order valence-corrected chi connectivity index (χ4v) is 2.14. The summed E-state index contributed by atoms with van der Waals surface area (Å²) in [6.07, 6.45) is 0. The van der Waals surface area contributed by atoms with Gasteiger partial charge in [-0.15, -0.1) is 0 Å². The van der Waals surface area contributed by atoms with Crippen LogP contribution in [0.15, 0.2) is 42.5 Å². The van der Waals surface area contributed by atoms with E-state index in [1.54, 1.807) is 44.6 Å². The molecule has 0 aliphatic heterocycles. The third-order valence-corrected chi connectivity index (χ3v) is 3.23. The van der Waals surface area contributed by atoms with Crippen molar-refractivity contribution in [3.8, 4) is 11.5 Å². The van der Waals surface area contributed by atoms with E-state index in [4.69, 9.17) is 26.8 Å². The third kappa shape index (κ3) is 4.33. The number of carboxylic acid groups (broad SMARTS) is 1. The molecule has 0 saturated carbocycles. The molecule has 7 heteroatoms. The molecule has 0 saturated heterocycles. The van der Waals surface area contributed by atoms with E-state index in [0.29, 0.717) is 28.0 Å². The van der Waals surface area contributed by atoms with Gasteiger partial charge in [0.05, 0.1) is 25.5 Å².